The van der Waals surface area contributed by atoms with Gasteiger partial charge in [-0.25, -0.2) is 0 Å². The summed E-state index contributed by atoms with van der Waals surface area (Å²) in [6.07, 6.45) is 2.61. The number of fused-ring (bicyclic) bond motifs is 1. The third-order valence-corrected chi connectivity index (χ3v) is 6.58. The van der Waals surface area contributed by atoms with Gasteiger partial charge in [-0.2, -0.15) is 0 Å². The maximum Gasteiger partial charge on any atom is 0.119 e. The molecule has 0 aliphatic carbocycles. The van der Waals surface area contributed by atoms with Crippen LogP contribution in [0.15, 0.2) is 24.3 Å². The molecule has 0 aromatic heterocycles. The van der Waals surface area contributed by atoms with E-state index in [0.29, 0.717) is 5.92 Å². The number of benzene rings is 1. The molecule has 0 bridgehead atoms. The van der Waals surface area contributed by atoms with Gasteiger partial charge in [-0.3, -0.25) is 9.80 Å². The Bertz CT molecular complexity index is 598. The van der Waals surface area contributed by atoms with Gasteiger partial charge in [-0.05, 0) is 37.1 Å². The van der Waals surface area contributed by atoms with Crippen LogP contribution in [0.25, 0.3) is 0 Å². The fourth-order valence-corrected chi connectivity index (χ4v) is 4.78. The van der Waals surface area contributed by atoms with E-state index in [1.54, 1.807) is 0 Å². The zero-order valence-corrected chi connectivity index (χ0v) is 19.4. The summed E-state index contributed by atoms with van der Waals surface area (Å²) >= 11 is 0. The molecule has 1 aromatic rings. The summed E-state index contributed by atoms with van der Waals surface area (Å²) in [7, 11) is 0. The molecule has 5 nitrogen and oxygen atoms in total. The Hall–Kier alpha value is -0.560. The summed E-state index contributed by atoms with van der Waals surface area (Å²) in [5.41, 5.74) is 1.38. The quantitative estimate of drug-likeness (QED) is 0.728. The van der Waals surface area contributed by atoms with E-state index in [1.165, 1.54) is 70.8 Å². The molecule has 4 rings (SSSR count). The Labute approximate surface area is 189 Å². The van der Waals surface area contributed by atoms with E-state index in [1.807, 2.05) is 0 Å². The largest absolute Gasteiger partial charge is 0.493 e. The van der Waals surface area contributed by atoms with Crippen molar-refractivity contribution in [3.05, 3.63) is 29.8 Å². The molecule has 3 aliphatic heterocycles. The highest BCUT2D eigenvalue weighted by atomic mass is 35.5. The summed E-state index contributed by atoms with van der Waals surface area (Å²) in [4.78, 5) is 7.76. The number of hydrogen-bond acceptors (Lipinski definition) is 5. The van der Waals surface area contributed by atoms with Crippen LogP contribution < -0.4 is 10.1 Å². The maximum absolute atomic E-state index is 6.22. The van der Waals surface area contributed by atoms with Crippen molar-refractivity contribution >= 4 is 24.8 Å². The van der Waals surface area contributed by atoms with Gasteiger partial charge in [0.2, 0.25) is 0 Å². The van der Waals surface area contributed by atoms with Crippen molar-refractivity contribution in [2.75, 3.05) is 65.5 Å². The van der Waals surface area contributed by atoms with E-state index in [-0.39, 0.29) is 24.8 Å². The van der Waals surface area contributed by atoms with Crippen LogP contribution in [0.5, 0.6) is 5.75 Å². The molecule has 2 atom stereocenters. The van der Waals surface area contributed by atoms with Gasteiger partial charge in [-0.15, -0.1) is 24.8 Å². The number of rotatable bonds is 6. The second kappa shape index (κ2) is 12.3. The fourth-order valence-electron chi connectivity index (χ4n) is 4.78. The average molecular weight is 445 g/mol. The van der Waals surface area contributed by atoms with Gasteiger partial charge in [-0.1, -0.05) is 19.1 Å². The van der Waals surface area contributed by atoms with Crippen LogP contribution in [0.4, 0.5) is 0 Å². The molecular weight excluding hydrogens is 407 g/mol. The van der Waals surface area contributed by atoms with Crippen LogP contribution >= 0.6 is 24.8 Å². The molecule has 7 heteroatoms. The van der Waals surface area contributed by atoms with Gasteiger partial charge in [0, 0.05) is 70.9 Å². The first-order chi connectivity index (χ1) is 13.3. The van der Waals surface area contributed by atoms with Crippen molar-refractivity contribution in [3.8, 4) is 5.75 Å². The average Bonchev–Trinajstić information content (AvgIpc) is 2.73. The second-order valence-corrected chi connectivity index (χ2v) is 8.47. The zero-order chi connectivity index (χ0) is 18.5. The van der Waals surface area contributed by atoms with Crippen molar-refractivity contribution in [1.82, 2.24) is 20.0 Å². The molecule has 1 aromatic carbocycles. The monoisotopic (exact) mass is 444 g/mol. The van der Waals surface area contributed by atoms with Crippen molar-refractivity contribution in [2.24, 2.45) is 5.92 Å². The van der Waals surface area contributed by atoms with Crippen molar-refractivity contribution < 1.29 is 4.74 Å². The fraction of sp³-hybridized carbons (Fsp3) is 0.727. The van der Waals surface area contributed by atoms with Gasteiger partial charge in [0.05, 0.1) is 6.61 Å². The number of piperazine rings is 2. The molecule has 0 amide bonds. The Morgan fingerprint density at radius 1 is 1.03 bits per heavy atom. The molecule has 3 heterocycles. The highest BCUT2D eigenvalue weighted by Crippen LogP contribution is 2.24. The minimum Gasteiger partial charge on any atom is -0.493 e. The van der Waals surface area contributed by atoms with Gasteiger partial charge < -0.3 is 15.0 Å². The molecule has 0 saturated carbocycles. The number of ether oxygens (including phenoxy) is 1. The van der Waals surface area contributed by atoms with E-state index in [4.69, 9.17) is 4.74 Å². The Morgan fingerprint density at radius 2 is 1.83 bits per heavy atom. The standard InChI is InChI=1S/C22H36N4O.2ClH/c1-2-24-10-12-25(13-11-24)16-19-4-3-5-22(14-19)27-18-20-6-7-21-15-23-8-9-26(21)17-20;;/h3-5,14,20-21,23H,2,6-13,15-18H2,1H3;2*1H/t20-,21-;;/m1../s1. The molecule has 3 saturated heterocycles. The van der Waals surface area contributed by atoms with E-state index in [2.05, 4.69) is 51.2 Å². The van der Waals surface area contributed by atoms with Crippen molar-refractivity contribution in [2.45, 2.75) is 32.4 Å². The summed E-state index contributed by atoms with van der Waals surface area (Å²) < 4.78 is 6.22. The normalized spacial score (nSPS) is 26.1. The highest BCUT2D eigenvalue weighted by Gasteiger charge is 2.30. The van der Waals surface area contributed by atoms with Gasteiger partial charge >= 0.3 is 0 Å². The maximum atomic E-state index is 6.22. The third kappa shape index (κ3) is 6.98. The lowest BCUT2D eigenvalue weighted by atomic mass is 9.92. The molecule has 0 radical (unpaired) electrons. The molecule has 29 heavy (non-hydrogen) atoms. The van der Waals surface area contributed by atoms with Crippen LogP contribution in [-0.4, -0.2) is 86.3 Å². The van der Waals surface area contributed by atoms with E-state index >= 15 is 0 Å². The molecular formula is C22H38Cl2N4O. The number of nitrogens with one attached hydrogen (secondary N) is 1. The summed E-state index contributed by atoms with van der Waals surface area (Å²) in [5, 5.41) is 3.52. The molecule has 1 N–H and O–H groups in total. The molecule has 3 fully saturated rings. The molecule has 0 unspecified atom stereocenters. The second-order valence-electron chi connectivity index (χ2n) is 8.47. The summed E-state index contributed by atoms with van der Waals surface area (Å²) in [6.45, 7) is 14.8. The first-order valence-electron chi connectivity index (χ1n) is 10.9. The van der Waals surface area contributed by atoms with Crippen molar-refractivity contribution in [3.63, 3.8) is 0 Å². The molecule has 166 valence electrons. The SMILES string of the molecule is CCN1CCN(Cc2cccc(OC[C@@H]3CC[C@@H]4CNCCN4C3)c2)CC1.Cl.Cl. The zero-order valence-electron chi connectivity index (χ0n) is 17.7. The first-order valence-corrected chi connectivity index (χ1v) is 10.9. The van der Waals surface area contributed by atoms with Crippen molar-refractivity contribution in [1.29, 1.82) is 0 Å². The van der Waals surface area contributed by atoms with Crippen LogP contribution in [-0.2, 0) is 6.54 Å². The smallest absolute Gasteiger partial charge is 0.119 e. The Kier molecular flexibility index (Phi) is 10.5. The van der Waals surface area contributed by atoms with Crippen LogP contribution in [0.2, 0.25) is 0 Å². The van der Waals surface area contributed by atoms with Gasteiger partial charge in [0.15, 0.2) is 0 Å². The van der Waals surface area contributed by atoms with Crippen LogP contribution in [0.1, 0.15) is 25.3 Å². The summed E-state index contributed by atoms with van der Waals surface area (Å²) in [6, 6.07) is 9.52. The highest BCUT2D eigenvalue weighted by molar-refractivity contribution is 5.85. The number of halogens is 2. The van der Waals surface area contributed by atoms with Crippen LogP contribution in [0, 0.1) is 5.92 Å². The lowest BCUT2D eigenvalue weighted by Gasteiger charge is -2.42. The lowest BCUT2D eigenvalue weighted by Crippen LogP contribution is -2.55. The van der Waals surface area contributed by atoms with E-state index in [0.717, 1.165) is 31.5 Å². The molecule has 3 aliphatic rings. The van der Waals surface area contributed by atoms with Crippen LogP contribution in [0.3, 0.4) is 0 Å². The molecule has 0 spiro atoms. The van der Waals surface area contributed by atoms with Gasteiger partial charge in [0.25, 0.3) is 0 Å². The number of piperidine rings is 1. The Morgan fingerprint density at radius 3 is 2.62 bits per heavy atom. The number of hydrogen-bond donors (Lipinski definition) is 1. The Balaban J connectivity index is 0.00000150. The van der Waals surface area contributed by atoms with E-state index in [9.17, 15) is 0 Å². The first kappa shape index (κ1) is 24.7. The number of likely N-dealkylation sites (N-methyl/N-ethyl adjacent to an activating group) is 1. The predicted molar refractivity (Wildman–Crippen MR) is 125 cm³/mol. The minimum absolute atomic E-state index is 0. The summed E-state index contributed by atoms with van der Waals surface area (Å²) in [5.74, 6) is 1.72. The van der Waals surface area contributed by atoms with Gasteiger partial charge in [0.1, 0.15) is 5.75 Å². The van der Waals surface area contributed by atoms with E-state index < -0.39 is 0 Å². The minimum atomic E-state index is 0. The predicted octanol–water partition coefficient (Wildman–Crippen LogP) is 2.73. The topological polar surface area (TPSA) is 31.0 Å². The number of nitrogens with zero attached hydrogens (tertiary/aromatic N) is 3. The lowest BCUT2D eigenvalue weighted by molar-refractivity contribution is 0.0649. The third-order valence-electron chi connectivity index (χ3n) is 6.58.